The van der Waals surface area contributed by atoms with Crippen LogP contribution in [0.2, 0.25) is 0 Å². The Morgan fingerprint density at radius 2 is 2.20 bits per heavy atom. The summed E-state index contributed by atoms with van der Waals surface area (Å²) in [5.74, 6) is 1.57. The van der Waals surface area contributed by atoms with Crippen LogP contribution in [0.25, 0.3) is 0 Å². The second-order valence-electron chi connectivity index (χ2n) is 4.83. The van der Waals surface area contributed by atoms with Crippen molar-refractivity contribution in [3.8, 4) is 0 Å². The standard InChI is InChI=1S/C12H18O3/c1-3-10-11-6-9(14)4-8(11)5-12(10)15-7(2)13/h8,10-12H,3-6H2,1-2H3. The normalized spacial score (nSPS) is 39.2. The van der Waals surface area contributed by atoms with Gasteiger partial charge in [-0.2, -0.15) is 0 Å². The number of ether oxygens (including phenoxy) is 1. The van der Waals surface area contributed by atoms with Crippen molar-refractivity contribution in [3.63, 3.8) is 0 Å². The summed E-state index contributed by atoms with van der Waals surface area (Å²) in [6.45, 7) is 3.58. The third kappa shape index (κ3) is 1.92. The largest absolute Gasteiger partial charge is 0.462 e. The summed E-state index contributed by atoms with van der Waals surface area (Å²) in [6, 6.07) is 0. The first-order chi connectivity index (χ1) is 7.11. The van der Waals surface area contributed by atoms with E-state index < -0.39 is 0 Å². The van der Waals surface area contributed by atoms with Crippen molar-refractivity contribution in [2.24, 2.45) is 17.8 Å². The van der Waals surface area contributed by atoms with Gasteiger partial charge >= 0.3 is 5.97 Å². The first-order valence-electron chi connectivity index (χ1n) is 5.80. The number of hydrogen-bond acceptors (Lipinski definition) is 3. The van der Waals surface area contributed by atoms with E-state index in [1.54, 1.807) is 0 Å². The average Bonchev–Trinajstić information content (AvgIpc) is 2.59. The number of Topliss-reactive ketones (excluding diaryl/α,β-unsaturated/α-hetero) is 1. The molecule has 3 heteroatoms. The lowest BCUT2D eigenvalue weighted by atomic mass is 9.89. The molecule has 2 saturated carbocycles. The smallest absolute Gasteiger partial charge is 0.302 e. The molecule has 4 unspecified atom stereocenters. The molecule has 2 aliphatic rings. The fraction of sp³-hybridized carbons (Fsp3) is 0.833. The molecule has 0 N–H and O–H groups in total. The van der Waals surface area contributed by atoms with Crippen molar-refractivity contribution in [1.82, 2.24) is 0 Å². The van der Waals surface area contributed by atoms with Gasteiger partial charge in [-0.05, 0) is 30.6 Å². The Balaban J connectivity index is 2.06. The minimum absolute atomic E-state index is 0.0654. The first-order valence-corrected chi connectivity index (χ1v) is 5.80. The van der Waals surface area contributed by atoms with E-state index in [2.05, 4.69) is 6.92 Å². The van der Waals surface area contributed by atoms with E-state index in [4.69, 9.17) is 4.74 Å². The molecule has 4 atom stereocenters. The molecule has 0 aliphatic heterocycles. The molecule has 0 aromatic heterocycles. The average molecular weight is 210 g/mol. The molecule has 3 nitrogen and oxygen atoms in total. The molecule has 0 aromatic rings. The molecule has 0 heterocycles. The lowest BCUT2D eigenvalue weighted by Crippen LogP contribution is -2.24. The van der Waals surface area contributed by atoms with Gasteiger partial charge in [-0.25, -0.2) is 0 Å². The number of rotatable bonds is 2. The minimum Gasteiger partial charge on any atom is -0.462 e. The molecule has 0 amide bonds. The maximum atomic E-state index is 11.3. The van der Waals surface area contributed by atoms with Gasteiger partial charge in [0.05, 0.1) is 0 Å². The Morgan fingerprint density at radius 3 is 2.80 bits per heavy atom. The number of hydrogen-bond donors (Lipinski definition) is 0. The van der Waals surface area contributed by atoms with Gasteiger partial charge in [0.25, 0.3) is 0 Å². The van der Waals surface area contributed by atoms with Crippen LogP contribution in [0.4, 0.5) is 0 Å². The van der Waals surface area contributed by atoms with Crippen LogP contribution in [0, 0.1) is 17.8 Å². The molecule has 0 spiro atoms. The van der Waals surface area contributed by atoms with E-state index >= 15 is 0 Å². The zero-order valence-electron chi connectivity index (χ0n) is 9.36. The lowest BCUT2D eigenvalue weighted by molar-refractivity contribution is -0.148. The number of carbonyl (C=O) groups excluding carboxylic acids is 2. The van der Waals surface area contributed by atoms with E-state index in [1.165, 1.54) is 6.92 Å². The van der Waals surface area contributed by atoms with Crippen molar-refractivity contribution < 1.29 is 14.3 Å². The highest BCUT2D eigenvalue weighted by Crippen LogP contribution is 2.48. The van der Waals surface area contributed by atoms with Crippen LogP contribution in [-0.4, -0.2) is 17.9 Å². The Labute approximate surface area is 90.2 Å². The summed E-state index contributed by atoms with van der Waals surface area (Å²) in [7, 11) is 0. The van der Waals surface area contributed by atoms with Crippen LogP contribution in [-0.2, 0) is 14.3 Å². The zero-order chi connectivity index (χ0) is 11.0. The van der Waals surface area contributed by atoms with Crippen molar-refractivity contribution in [1.29, 1.82) is 0 Å². The van der Waals surface area contributed by atoms with Crippen molar-refractivity contribution in [3.05, 3.63) is 0 Å². The van der Waals surface area contributed by atoms with Gasteiger partial charge in [0.2, 0.25) is 0 Å². The van der Waals surface area contributed by atoms with Gasteiger partial charge in [-0.15, -0.1) is 0 Å². The summed E-state index contributed by atoms with van der Waals surface area (Å²) in [5.41, 5.74) is 0. The highest BCUT2D eigenvalue weighted by molar-refractivity contribution is 5.81. The molecule has 15 heavy (non-hydrogen) atoms. The van der Waals surface area contributed by atoms with Gasteiger partial charge in [0, 0.05) is 19.8 Å². The maximum absolute atomic E-state index is 11.3. The third-order valence-electron chi connectivity index (χ3n) is 3.91. The second-order valence-corrected chi connectivity index (χ2v) is 4.83. The number of fused-ring (bicyclic) bond motifs is 1. The van der Waals surface area contributed by atoms with E-state index in [0.717, 1.165) is 12.8 Å². The predicted octanol–water partition coefficient (Wildman–Crippen LogP) is 1.94. The number of esters is 1. The van der Waals surface area contributed by atoms with Crippen LogP contribution < -0.4 is 0 Å². The summed E-state index contributed by atoms with van der Waals surface area (Å²) in [6.07, 6.45) is 3.39. The SMILES string of the molecule is CCC1C(OC(C)=O)CC2CC(=O)CC21. The summed E-state index contributed by atoms with van der Waals surface area (Å²) in [5, 5.41) is 0. The summed E-state index contributed by atoms with van der Waals surface area (Å²) in [4.78, 5) is 22.3. The molecule has 84 valence electrons. The Kier molecular flexibility index (Phi) is 2.81. The maximum Gasteiger partial charge on any atom is 0.302 e. The topological polar surface area (TPSA) is 43.4 Å². The second kappa shape index (κ2) is 3.95. The van der Waals surface area contributed by atoms with Crippen LogP contribution in [0.3, 0.4) is 0 Å². The van der Waals surface area contributed by atoms with E-state index in [0.29, 0.717) is 36.4 Å². The molecule has 2 aliphatic carbocycles. The van der Waals surface area contributed by atoms with Crippen LogP contribution >= 0.6 is 0 Å². The quantitative estimate of drug-likeness (QED) is 0.654. The monoisotopic (exact) mass is 210 g/mol. The van der Waals surface area contributed by atoms with Crippen molar-refractivity contribution >= 4 is 11.8 Å². The number of carbonyl (C=O) groups is 2. The Morgan fingerprint density at radius 1 is 1.47 bits per heavy atom. The van der Waals surface area contributed by atoms with Gasteiger partial charge in [-0.1, -0.05) is 6.92 Å². The summed E-state index contributed by atoms with van der Waals surface area (Å²) >= 11 is 0. The zero-order valence-corrected chi connectivity index (χ0v) is 9.36. The highest BCUT2D eigenvalue weighted by Gasteiger charge is 2.48. The van der Waals surface area contributed by atoms with Crippen LogP contribution in [0.5, 0.6) is 0 Å². The van der Waals surface area contributed by atoms with Gasteiger partial charge < -0.3 is 4.74 Å². The fourth-order valence-corrected chi connectivity index (χ4v) is 3.38. The number of ketones is 1. The Bertz CT molecular complexity index is 285. The highest BCUT2D eigenvalue weighted by atomic mass is 16.5. The van der Waals surface area contributed by atoms with E-state index in [9.17, 15) is 9.59 Å². The molecule has 0 aromatic carbocycles. The fourth-order valence-electron chi connectivity index (χ4n) is 3.38. The molecule has 0 bridgehead atoms. The van der Waals surface area contributed by atoms with E-state index in [1.807, 2.05) is 0 Å². The minimum atomic E-state index is -0.190. The van der Waals surface area contributed by atoms with Crippen LogP contribution in [0.15, 0.2) is 0 Å². The molecule has 2 rings (SSSR count). The molecular weight excluding hydrogens is 192 g/mol. The predicted molar refractivity (Wildman–Crippen MR) is 55.2 cm³/mol. The molecule has 2 fully saturated rings. The molecule has 0 radical (unpaired) electrons. The molecule has 0 saturated heterocycles. The summed E-state index contributed by atoms with van der Waals surface area (Å²) < 4.78 is 5.34. The van der Waals surface area contributed by atoms with Crippen molar-refractivity contribution in [2.45, 2.75) is 45.6 Å². The molecular formula is C12H18O3. The first kappa shape index (κ1) is 10.7. The third-order valence-corrected chi connectivity index (χ3v) is 3.91. The van der Waals surface area contributed by atoms with Crippen LogP contribution in [0.1, 0.15) is 39.5 Å². The van der Waals surface area contributed by atoms with Gasteiger partial charge in [-0.3, -0.25) is 9.59 Å². The van der Waals surface area contributed by atoms with Gasteiger partial charge in [0.15, 0.2) is 0 Å². The van der Waals surface area contributed by atoms with E-state index in [-0.39, 0.29) is 12.1 Å². The van der Waals surface area contributed by atoms with Gasteiger partial charge in [0.1, 0.15) is 11.9 Å². The van der Waals surface area contributed by atoms with Crippen molar-refractivity contribution in [2.75, 3.05) is 0 Å². The lowest BCUT2D eigenvalue weighted by Gasteiger charge is -2.21. The Hall–Kier alpha value is -0.860.